The number of hydrogen-bond acceptors (Lipinski definition) is 3. The highest BCUT2D eigenvalue weighted by molar-refractivity contribution is 7.99. The Morgan fingerprint density at radius 1 is 0.972 bits per heavy atom. The summed E-state index contributed by atoms with van der Waals surface area (Å²) < 4.78 is 0. The lowest BCUT2D eigenvalue weighted by Gasteiger charge is -2.32. The first kappa shape index (κ1) is 27.8. The molecule has 0 unspecified atom stereocenters. The molecule has 0 aliphatic rings. The number of rotatable bonds is 12. The van der Waals surface area contributed by atoms with E-state index >= 15 is 0 Å². The molecule has 3 aromatic carbocycles. The van der Waals surface area contributed by atoms with E-state index in [-0.39, 0.29) is 23.6 Å². The van der Waals surface area contributed by atoms with Gasteiger partial charge < -0.3 is 10.2 Å². The van der Waals surface area contributed by atoms with Gasteiger partial charge in [0, 0.05) is 29.8 Å². The number of nitrogens with one attached hydrogen (secondary N) is 1. The molecular weight excluding hydrogens is 488 g/mol. The summed E-state index contributed by atoms with van der Waals surface area (Å²) in [5.74, 6) is 0.785. The lowest BCUT2D eigenvalue weighted by molar-refractivity contribution is -0.139. The van der Waals surface area contributed by atoms with Gasteiger partial charge in [-0.3, -0.25) is 9.59 Å². The fourth-order valence-electron chi connectivity index (χ4n) is 3.93. The van der Waals surface area contributed by atoms with E-state index in [1.807, 2.05) is 99.6 Å². The van der Waals surface area contributed by atoms with E-state index in [1.54, 1.807) is 4.90 Å². The third-order valence-corrected chi connectivity index (χ3v) is 7.48. The molecule has 3 aromatic rings. The van der Waals surface area contributed by atoms with Crippen LogP contribution in [-0.2, 0) is 28.3 Å². The van der Waals surface area contributed by atoms with Crippen LogP contribution in [0.25, 0.3) is 0 Å². The maximum Gasteiger partial charge on any atom is 0.243 e. The molecule has 190 valence electrons. The van der Waals surface area contributed by atoms with Crippen molar-refractivity contribution in [3.63, 3.8) is 0 Å². The fourth-order valence-corrected chi connectivity index (χ4v) is 5.00. The van der Waals surface area contributed by atoms with Crippen LogP contribution < -0.4 is 5.32 Å². The summed E-state index contributed by atoms with van der Waals surface area (Å²) in [6.45, 7) is 6.46. The van der Waals surface area contributed by atoms with E-state index in [0.717, 1.165) is 28.7 Å². The molecule has 2 atom stereocenters. The van der Waals surface area contributed by atoms with E-state index in [0.29, 0.717) is 23.7 Å². The number of aryl methyl sites for hydroxylation is 1. The summed E-state index contributed by atoms with van der Waals surface area (Å²) in [5.41, 5.74) is 4.24. The molecule has 0 spiro atoms. The van der Waals surface area contributed by atoms with Gasteiger partial charge in [-0.15, -0.1) is 11.8 Å². The van der Waals surface area contributed by atoms with Crippen LogP contribution in [0, 0.1) is 6.92 Å². The molecule has 0 aliphatic carbocycles. The Labute approximate surface area is 224 Å². The predicted octanol–water partition coefficient (Wildman–Crippen LogP) is 6.44. The van der Waals surface area contributed by atoms with Gasteiger partial charge in [-0.25, -0.2) is 0 Å². The molecule has 0 aromatic heterocycles. The van der Waals surface area contributed by atoms with Gasteiger partial charge in [0.1, 0.15) is 6.04 Å². The highest BCUT2D eigenvalue weighted by Crippen LogP contribution is 2.21. The molecule has 0 aliphatic heterocycles. The van der Waals surface area contributed by atoms with E-state index in [1.165, 1.54) is 11.8 Å². The van der Waals surface area contributed by atoms with Crippen molar-refractivity contribution in [1.29, 1.82) is 0 Å². The van der Waals surface area contributed by atoms with E-state index in [2.05, 4.69) is 5.32 Å². The molecule has 0 bridgehead atoms. The van der Waals surface area contributed by atoms with Crippen LogP contribution in [-0.4, -0.2) is 34.6 Å². The molecule has 3 rings (SSSR count). The van der Waals surface area contributed by atoms with Crippen LogP contribution >= 0.6 is 23.4 Å². The fraction of sp³-hybridized carbons (Fsp3) is 0.333. The topological polar surface area (TPSA) is 49.4 Å². The Morgan fingerprint density at radius 3 is 2.36 bits per heavy atom. The van der Waals surface area contributed by atoms with Gasteiger partial charge in [0.15, 0.2) is 0 Å². The number of nitrogens with zero attached hydrogens (tertiary/aromatic N) is 1. The van der Waals surface area contributed by atoms with E-state index < -0.39 is 6.04 Å². The maximum absolute atomic E-state index is 13.7. The predicted molar refractivity (Wildman–Crippen MR) is 151 cm³/mol. The molecule has 4 nitrogen and oxygen atoms in total. The number of thioether (sulfide) groups is 1. The average molecular weight is 523 g/mol. The van der Waals surface area contributed by atoms with Gasteiger partial charge in [0.2, 0.25) is 11.8 Å². The number of amides is 2. The van der Waals surface area contributed by atoms with Crippen molar-refractivity contribution < 1.29 is 9.59 Å². The van der Waals surface area contributed by atoms with Crippen molar-refractivity contribution in [2.75, 3.05) is 5.75 Å². The molecule has 36 heavy (non-hydrogen) atoms. The highest BCUT2D eigenvalue weighted by atomic mass is 35.5. The second kappa shape index (κ2) is 14.1. The van der Waals surface area contributed by atoms with Crippen molar-refractivity contribution in [3.05, 3.63) is 106 Å². The number of carbonyl (C=O) groups is 2. The first-order valence-electron chi connectivity index (χ1n) is 12.4. The summed E-state index contributed by atoms with van der Waals surface area (Å²) in [7, 11) is 0. The van der Waals surface area contributed by atoms with Crippen LogP contribution in [0.4, 0.5) is 0 Å². The number of hydrogen-bond donors (Lipinski definition) is 1. The summed E-state index contributed by atoms with van der Waals surface area (Å²) in [6, 6.07) is 25.0. The zero-order valence-corrected chi connectivity index (χ0v) is 22.8. The Kier molecular flexibility index (Phi) is 10.9. The lowest BCUT2D eigenvalue weighted by Crippen LogP contribution is -2.52. The molecule has 1 N–H and O–H groups in total. The maximum atomic E-state index is 13.7. The monoisotopic (exact) mass is 522 g/mol. The number of benzene rings is 3. The van der Waals surface area contributed by atoms with Crippen LogP contribution in [0.2, 0.25) is 5.02 Å². The smallest absolute Gasteiger partial charge is 0.243 e. The lowest BCUT2D eigenvalue weighted by atomic mass is 10.0. The van der Waals surface area contributed by atoms with Gasteiger partial charge >= 0.3 is 0 Å². The molecule has 0 saturated heterocycles. The molecule has 2 amide bonds. The zero-order chi connectivity index (χ0) is 25.9. The van der Waals surface area contributed by atoms with Crippen molar-refractivity contribution in [1.82, 2.24) is 10.2 Å². The first-order valence-corrected chi connectivity index (χ1v) is 13.9. The number of halogens is 1. The molecule has 0 radical (unpaired) electrons. The third-order valence-electron chi connectivity index (χ3n) is 6.26. The van der Waals surface area contributed by atoms with Crippen molar-refractivity contribution in [3.8, 4) is 0 Å². The third kappa shape index (κ3) is 8.42. The first-order chi connectivity index (χ1) is 17.4. The van der Waals surface area contributed by atoms with Gasteiger partial charge in [-0.05, 0) is 54.7 Å². The van der Waals surface area contributed by atoms with Crippen molar-refractivity contribution >= 4 is 35.2 Å². The van der Waals surface area contributed by atoms with Crippen LogP contribution in [0.1, 0.15) is 42.5 Å². The minimum Gasteiger partial charge on any atom is -0.352 e. The average Bonchev–Trinajstić information content (AvgIpc) is 2.87. The molecule has 6 heteroatoms. The molecular formula is C30H35ClN2O2S. The Bertz CT molecular complexity index is 1140. The summed E-state index contributed by atoms with van der Waals surface area (Å²) in [5, 5.41) is 3.80. The summed E-state index contributed by atoms with van der Waals surface area (Å²) in [4.78, 5) is 29.0. The second-order valence-electron chi connectivity index (χ2n) is 9.09. The summed E-state index contributed by atoms with van der Waals surface area (Å²) >= 11 is 7.66. The normalized spacial score (nSPS) is 12.6. The van der Waals surface area contributed by atoms with Gasteiger partial charge in [-0.2, -0.15) is 0 Å². The van der Waals surface area contributed by atoms with E-state index in [9.17, 15) is 9.59 Å². The second-order valence-corrected chi connectivity index (χ2v) is 10.5. The van der Waals surface area contributed by atoms with Gasteiger partial charge in [0.25, 0.3) is 0 Å². The Morgan fingerprint density at radius 2 is 1.67 bits per heavy atom. The Hall–Kier alpha value is -2.76. The minimum atomic E-state index is -0.611. The van der Waals surface area contributed by atoms with Crippen LogP contribution in [0.15, 0.2) is 78.9 Å². The van der Waals surface area contributed by atoms with Crippen molar-refractivity contribution in [2.24, 2.45) is 0 Å². The summed E-state index contributed by atoms with van der Waals surface area (Å²) in [6.07, 6.45) is 1.28. The Balaban J connectivity index is 1.86. The van der Waals surface area contributed by atoms with Gasteiger partial charge in [-0.1, -0.05) is 85.3 Å². The number of carbonyl (C=O) groups excluding carboxylic acids is 2. The van der Waals surface area contributed by atoms with E-state index in [4.69, 9.17) is 11.6 Å². The highest BCUT2D eigenvalue weighted by Gasteiger charge is 2.31. The van der Waals surface area contributed by atoms with Crippen molar-refractivity contribution in [2.45, 2.75) is 58.0 Å². The zero-order valence-electron chi connectivity index (χ0n) is 21.2. The standard InChI is InChI=1S/C30H35ClN2O2S/c1-4-23(3)32-30(35)28(18-24-12-6-5-7-13-24)33(19-26-15-9-8-11-22(26)2)29(34)21-36-20-25-14-10-16-27(31)17-25/h5-17,23,28H,4,18-21H2,1-3H3,(H,32,35)/t23-,28-/m0/s1. The molecule has 0 heterocycles. The SMILES string of the molecule is CC[C@H](C)NC(=O)[C@H](Cc1ccccc1)N(Cc1ccccc1C)C(=O)CSCc1cccc(Cl)c1. The largest absolute Gasteiger partial charge is 0.352 e. The van der Waals surface area contributed by atoms with Gasteiger partial charge in [0.05, 0.1) is 5.75 Å². The minimum absolute atomic E-state index is 0.0309. The van der Waals surface area contributed by atoms with Crippen LogP contribution in [0.3, 0.4) is 0 Å². The molecule has 0 fully saturated rings. The quantitative estimate of drug-likeness (QED) is 0.298. The van der Waals surface area contributed by atoms with Crippen LogP contribution in [0.5, 0.6) is 0 Å². The molecule has 0 saturated carbocycles.